The van der Waals surface area contributed by atoms with Gasteiger partial charge in [0.2, 0.25) is 0 Å². The predicted molar refractivity (Wildman–Crippen MR) is 96.3 cm³/mol. The summed E-state index contributed by atoms with van der Waals surface area (Å²) in [5.41, 5.74) is -0.446. The maximum atomic E-state index is 12.2. The number of nitrogens with zero attached hydrogens (tertiary/aromatic N) is 1. The van der Waals surface area contributed by atoms with E-state index in [0.29, 0.717) is 6.04 Å². The summed E-state index contributed by atoms with van der Waals surface area (Å²) in [6.45, 7) is 10.7. The Morgan fingerprint density at radius 2 is 2.17 bits per heavy atom. The lowest BCUT2D eigenvalue weighted by atomic mass is 9.98. The molecular formula is C17H27ClN2O2S. The predicted octanol–water partition coefficient (Wildman–Crippen LogP) is 4.84. The maximum absolute atomic E-state index is 12.2. The molecule has 1 N–H and O–H groups in total. The molecule has 23 heavy (non-hydrogen) atoms. The lowest BCUT2D eigenvalue weighted by molar-refractivity contribution is 0.00907. The minimum atomic E-state index is -0.446. The summed E-state index contributed by atoms with van der Waals surface area (Å²) in [6.07, 6.45) is 1.66. The molecule has 0 saturated carbocycles. The van der Waals surface area contributed by atoms with E-state index in [2.05, 4.69) is 25.2 Å². The van der Waals surface area contributed by atoms with Gasteiger partial charge in [0, 0.05) is 29.5 Å². The number of halogens is 1. The Labute approximate surface area is 148 Å². The lowest BCUT2D eigenvalue weighted by Gasteiger charge is -2.39. The lowest BCUT2D eigenvalue weighted by Crippen LogP contribution is -2.51. The summed E-state index contributed by atoms with van der Waals surface area (Å²) in [5.74, 6) is 0. The third-order valence-corrected chi connectivity index (χ3v) is 5.42. The Morgan fingerprint density at radius 3 is 2.70 bits per heavy atom. The highest BCUT2D eigenvalue weighted by atomic mass is 35.5. The highest BCUT2D eigenvalue weighted by molar-refractivity contribution is 7.16. The highest BCUT2D eigenvalue weighted by Gasteiger charge is 2.32. The first-order valence-corrected chi connectivity index (χ1v) is 9.36. The molecule has 1 aromatic heterocycles. The van der Waals surface area contributed by atoms with Crippen LogP contribution in [0.4, 0.5) is 4.79 Å². The van der Waals surface area contributed by atoms with E-state index in [1.807, 2.05) is 31.7 Å². The molecule has 2 heterocycles. The Hall–Kier alpha value is -0.780. The fourth-order valence-corrected chi connectivity index (χ4v) is 3.98. The van der Waals surface area contributed by atoms with Crippen LogP contribution >= 0.6 is 22.9 Å². The topological polar surface area (TPSA) is 41.6 Å². The van der Waals surface area contributed by atoms with Crippen LogP contribution in [0.15, 0.2) is 12.1 Å². The number of amides is 1. The standard InChI is InChI=1S/C17H27ClN2O2S/c1-11-10-13(19-12(2)14-6-7-15(18)23-14)8-9-20(11)16(21)22-17(3,4)5/h6-7,11-13,19H,8-10H2,1-5H3. The fraction of sp³-hybridized carbons (Fsp3) is 0.706. The first-order chi connectivity index (χ1) is 10.7. The second-order valence-electron chi connectivity index (χ2n) is 7.27. The van der Waals surface area contributed by atoms with Gasteiger partial charge in [-0.05, 0) is 59.6 Å². The van der Waals surface area contributed by atoms with Crippen molar-refractivity contribution in [3.63, 3.8) is 0 Å². The van der Waals surface area contributed by atoms with Crippen LogP contribution in [-0.2, 0) is 4.74 Å². The quantitative estimate of drug-likeness (QED) is 0.840. The van der Waals surface area contributed by atoms with Gasteiger partial charge in [-0.2, -0.15) is 0 Å². The molecule has 6 heteroatoms. The first-order valence-electron chi connectivity index (χ1n) is 8.16. The summed E-state index contributed by atoms with van der Waals surface area (Å²) in [6, 6.07) is 4.87. The number of carbonyl (C=O) groups excluding carboxylic acids is 1. The van der Waals surface area contributed by atoms with Crippen molar-refractivity contribution < 1.29 is 9.53 Å². The Kier molecular flexibility index (Phi) is 5.98. The van der Waals surface area contributed by atoms with Gasteiger partial charge in [0.15, 0.2) is 0 Å². The van der Waals surface area contributed by atoms with Gasteiger partial charge in [-0.1, -0.05) is 11.6 Å². The minimum Gasteiger partial charge on any atom is -0.444 e. The molecule has 4 nitrogen and oxygen atoms in total. The van der Waals surface area contributed by atoms with Gasteiger partial charge in [-0.15, -0.1) is 11.3 Å². The highest BCUT2D eigenvalue weighted by Crippen LogP contribution is 2.28. The van der Waals surface area contributed by atoms with E-state index in [-0.39, 0.29) is 18.2 Å². The van der Waals surface area contributed by atoms with Crippen LogP contribution in [0.2, 0.25) is 4.34 Å². The molecule has 0 aliphatic carbocycles. The summed E-state index contributed by atoms with van der Waals surface area (Å²) < 4.78 is 6.31. The number of hydrogen-bond acceptors (Lipinski definition) is 4. The van der Waals surface area contributed by atoms with Crippen molar-refractivity contribution >= 4 is 29.0 Å². The van der Waals surface area contributed by atoms with Gasteiger partial charge < -0.3 is 15.0 Å². The molecule has 1 fully saturated rings. The van der Waals surface area contributed by atoms with Crippen LogP contribution in [0.25, 0.3) is 0 Å². The van der Waals surface area contributed by atoms with Crippen molar-refractivity contribution in [3.05, 3.63) is 21.3 Å². The third-order valence-electron chi connectivity index (χ3n) is 4.01. The average Bonchev–Trinajstić information content (AvgIpc) is 2.83. The second kappa shape index (κ2) is 7.41. The van der Waals surface area contributed by atoms with Crippen LogP contribution in [0.1, 0.15) is 58.4 Å². The minimum absolute atomic E-state index is 0.176. The molecule has 130 valence electrons. The molecular weight excluding hydrogens is 332 g/mol. The van der Waals surface area contributed by atoms with Crippen LogP contribution in [-0.4, -0.2) is 35.2 Å². The number of hydrogen-bond donors (Lipinski definition) is 1. The van der Waals surface area contributed by atoms with Crippen LogP contribution in [0.3, 0.4) is 0 Å². The SMILES string of the molecule is CC(NC1CCN(C(=O)OC(C)(C)C)C(C)C1)c1ccc(Cl)s1. The Morgan fingerprint density at radius 1 is 1.48 bits per heavy atom. The summed E-state index contributed by atoms with van der Waals surface area (Å²) >= 11 is 7.63. The van der Waals surface area contributed by atoms with Crippen molar-refractivity contribution in [1.29, 1.82) is 0 Å². The van der Waals surface area contributed by atoms with E-state index in [1.165, 1.54) is 4.88 Å². The smallest absolute Gasteiger partial charge is 0.410 e. The van der Waals surface area contributed by atoms with Crippen molar-refractivity contribution in [2.45, 2.75) is 71.2 Å². The molecule has 2 rings (SSSR count). The van der Waals surface area contributed by atoms with Gasteiger partial charge in [-0.25, -0.2) is 4.79 Å². The molecule has 1 aliphatic rings. The van der Waals surface area contributed by atoms with Gasteiger partial charge in [-0.3, -0.25) is 0 Å². The normalized spacial score (nSPS) is 23.7. The third kappa shape index (κ3) is 5.37. The van der Waals surface area contributed by atoms with Crippen molar-refractivity contribution in [2.24, 2.45) is 0 Å². The molecule has 3 atom stereocenters. The van der Waals surface area contributed by atoms with Gasteiger partial charge >= 0.3 is 6.09 Å². The number of nitrogens with one attached hydrogen (secondary N) is 1. The van der Waals surface area contributed by atoms with Crippen LogP contribution in [0.5, 0.6) is 0 Å². The van der Waals surface area contributed by atoms with E-state index >= 15 is 0 Å². The number of piperidine rings is 1. The van der Waals surface area contributed by atoms with Gasteiger partial charge in [0.1, 0.15) is 5.60 Å². The van der Waals surface area contributed by atoms with Crippen molar-refractivity contribution in [2.75, 3.05) is 6.54 Å². The fourth-order valence-electron chi connectivity index (χ4n) is 2.91. The van der Waals surface area contributed by atoms with Gasteiger partial charge in [0.25, 0.3) is 0 Å². The van der Waals surface area contributed by atoms with E-state index < -0.39 is 5.60 Å². The molecule has 1 aliphatic heterocycles. The number of thiophene rings is 1. The van der Waals surface area contributed by atoms with E-state index in [0.717, 1.165) is 23.7 Å². The average molecular weight is 359 g/mol. The number of carbonyl (C=O) groups is 1. The van der Waals surface area contributed by atoms with Crippen molar-refractivity contribution in [1.82, 2.24) is 10.2 Å². The zero-order chi connectivity index (χ0) is 17.2. The monoisotopic (exact) mass is 358 g/mol. The molecule has 1 amide bonds. The van der Waals surface area contributed by atoms with Crippen molar-refractivity contribution in [3.8, 4) is 0 Å². The summed E-state index contributed by atoms with van der Waals surface area (Å²) in [4.78, 5) is 15.3. The zero-order valence-electron chi connectivity index (χ0n) is 14.6. The molecule has 0 bridgehead atoms. The second-order valence-corrected chi connectivity index (χ2v) is 9.02. The zero-order valence-corrected chi connectivity index (χ0v) is 16.1. The Bertz CT molecular complexity index is 541. The van der Waals surface area contributed by atoms with Gasteiger partial charge in [0.05, 0.1) is 4.34 Å². The molecule has 0 radical (unpaired) electrons. The molecule has 1 saturated heterocycles. The Balaban J connectivity index is 1.87. The molecule has 1 aromatic rings. The van der Waals surface area contributed by atoms with Crippen LogP contribution in [0, 0.1) is 0 Å². The first kappa shape index (κ1) is 18.6. The van der Waals surface area contributed by atoms with E-state index in [9.17, 15) is 4.79 Å². The number of ether oxygens (including phenoxy) is 1. The number of rotatable bonds is 3. The largest absolute Gasteiger partial charge is 0.444 e. The van der Waals surface area contributed by atoms with Crippen LogP contribution < -0.4 is 5.32 Å². The molecule has 0 spiro atoms. The van der Waals surface area contributed by atoms with E-state index in [1.54, 1.807) is 11.3 Å². The molecule has 3 unspecified atom stereocenters. The summed E-state index contributed by atoms with van der Waals surface area (Å²) in [5, 5.41) is 3.66. The number of likely N-dealkylation sites (tertiary alicyclic amines) is 1. The molecule has 0 aromatic carbocycles. The summed E-state index contributed by atoms with van der Waals surface area (Å²) in [7, 11) is 0. The van der Waals surface area contributed by atoms with E-state index in [4.69, 9.17) is 16.3 Å². The maximum Gasteiger partial charge on any atom is 0.410 e.